The van der Waals surface area contributed by atoms with E-state index in [0.29, 0.717) is 6.61 Å². The lowest BCUT2D eigenvalue weighted by Crippen LogP contribution is -2.25. The minimum atomic E-state index is 0.0113. The van der Waals surface area contributed by atoms with Gasteiger partial charge in [0.15, 0.2) is 0 Å². The van der Waals surface area contributed by atoms with Gasteiger partial charge in [0, 0.05) is 0 Å². The zero-order chi connectivity index (χ0) is 16.5. The van der Waals surface area contributed by atoms with Gasteiger partial charge < -0.3 is 10.1 Å². The molecule has 0 spiro atoms. The first-order chi connectivity index (χ1) is 10.8. The van der Waals surface area contributed by atoms with Crippen LogP contribution < -0.4 is 5.32 Å². The summed E-state index contributed by atoms with van der Waals surface area (Å²) >= 11 is 0. The van der Waals surface area contributed by atoms with Crippen LogP contribution in [-0.2, 0) is 9.53 Å². The van der Waals surface area contributed by atoms with Gasteiger partial charge in [0.1, 0.15) is 0 Å². The predicted molar refractivity (Wildman–Crippen MR) is 94.8 cm³/mol. The summed E-state index contributed by atoms with van der Waals surface area (Å²) in [5.74, 6) is 0.0840. The smallest absolute Gasteiger partial charge is 0.308 e. The van der Waals surface area contributed by atoms with Gasteiger partial charge in [-0.05, 0) is 38.8 Å². The van der Waals surface area contributed by atoms with E-state index in [0.717, 1.165) is 51.6 Å². The summed E-state index contributed by atoms with van der Waals surface area (Å²) in [5, 5.41) is 3.44. The Hall–Kier alpha value is -0.570. The molecule has 1 N–H and O–H groups in total. The molecule has 0 aromatic heterocycles. The summed E-state index contributed by atoms with van der Waals surface area (Å²) in [7, 11) is 0. The molecule has 0 fully saturated rings. The van der Waals surface area contributed by atoms with Crippen LogP contribution >= 0.6 is 0 Å². The normalized spacial score (nSPS) is 12.3. The Kier molecular flexibility index (Phi) is 16.4. The van der Waals surface area contributed by atoms with Gasteiger partial charge >= 0.3 is 5.97 Å². The van der Waals surface area contributed by atoms with Gasteiger partial charge in [-0.1, -0.05) is 65.7 Å². The maximum atomic E-state index is 12.1. The Morgan fingerprint density at radius 1 is 0.955 bits per heavy atom. The van der Waals surface area contributed by atoms with Crippen molar-refractivity contribution in [3.8, 4) is 0 Å². The standard InChI is InChI=1S/C19H38NO2/c1-4-7-9-11-15-20-16-14-18(13-6-3)19(21)22-17-12-10-8-5-2/h18,20H,1,4-17H2,2-3H3. The SMILES string of the molecule is [CH2]CCCCCNCCC(CCC)C(=O)OCCCCCC. The third-order valence-electron chi connectivity index (χ3n) is 3.99. The Labute approximate surface area is 138 Å². The molecular formula is C19H38NO2. The second kappa shape index (κ2) is 16.8. The van der Waals surface area contributed by atoms with Crippen LogP contribution in [0.1, 0.15) is 84.5 Å². The fourth-order valence-electron chi connectivity index (χ4n) is 2.55. The maximum Gasteiger partial charge on any atom is 0.308 e. The van der Waals surface area contributed by atoms with E-state index in [1.165, 1.54) is 32.1 Å². The zero-order valence-corrected chi connectivity index (χ0v) is 15.0. The number of carbonyl (C=O) groups is 1. The molecule has 1 atom stereocenters. The summed E-state index contributed by atoms with van der Waals surface area (Å²) in [6.45, 7) is 10.7. The largest absolute Gasteiger partial charge is 0.465 e. The zero-order valence-electron chi connectivity index (χ0n) is 15.0. The Balaban J connectivity index is 3.71. The van der Waals surface area contributed by atoms with E-state index in [1.54, 1.807) is 0 Å². The molecule has 0 aliphatic carbocycles. The van der Waals surface area contributed by atoms with Crippen LogP contribution in [0.15, 0.2) is 0 Å². The molecule has 0 heterocycles. The van der Waals surface area contributed by atoms with Gasteiger partial charge in [-0.15, -0.1) is 0 Å². The molecule has 22 heavy (non-hydrogen) atoms. The van der Waals surface area contributed by atoms with E-state index in [4.69, 9.17) is 4.74 Å². The molecule has 0 bridgehead atoms. The third-order valence-corrected chi connectivity index (χ3v) is 3.99. The number of rotatable bonds is 16. The van der Waals surface area contributed by atoms with Crippen molar-refractivity contribution in [2.75, 3.05) is 19.7 Å². The Bertz CT molecular complexity index is 244. The van der Waals surface area contributed by atoms with Crippen molar-refractivity contribution in [1.82, 2.24) is 5.32 Å². The summed E-state index contributed by atoms with van der Waals surface area (Å²) < 4.78 is 5.44. The van der Waals surface area contributed by atoms with Crippen LogP contribution in [0.3, 0.4) is 0 Å². The molecule has 3 heteroatoms. The monoisotopic (exact) mass is 312 g/mol. The van der Waals surface area contributed by atoms with E-state index >= 15 is 0 Å². The fourth-order valence-corrected chi connectivity index (χ4v) is 2.55. The molecule has 0 saturated carbocycles. The summed E-state index contributed by atoms with van der Waals surface area (Å²) in [6, 6.07) is 0. The van der Waals surface area contributed by atoms with Crippen molar-refractivity contribution in [2.45, 2.75) is 84.5 Å². The van der Waals surface area contributed by atoms with E-state index in [-0.39, 0.29) is 11.9 Å². The van der Waals surface area contributed by atoms with Crippen LogP contribution in [0.2, 0.25) is 0 Å². The van der Waals surface area contributed by atoms with E-state index in [2.05, 4.69) is 26.1 Å². The van der Waals surface area contributed by atoms with Crippen molar-refractivity contribution < 1.29 is 9.53 Å². The quantitative estimate of drug-likeness (QED) is 0.325. The highest BCUT2D eigenvalue weighted by atomic mass is 16.5. The van der Waals surface area contributed by atoms with E-state index in [9.17, 15) is 4.79 Å². The molecule has 0 aliphatic heterocycles. The Morgan fingerprint density at radius 2 is 1.73 bits per heavy atom. The van der Waals surface area contributed by atoms with Gasteiger partial charge in [-0.25, -0.2) is 0 Å². The minimum Gasteiger partial charge on any atom is -0.465 e. The predicted octanol–water partition coefficient (Wildman–Crippen LogP) is 4.90. The summed E-state index contributed by atoms with van der Waals surface area (Å²) in [4.78, 5) is 12.1. The molecule has 0 aromatic carbocycles. The van der Waals surface area contributed by atoms with Crippen LogP contribution in [0.25, 0.3) is 0 Å². The van der Waals surface area contributed by atoms with Crippen molar-refractivity contribution >= 4 is 5.97 Å². The average Bonchev–Trinajstić information content (AvgIpc) is 2.52. The lowest BCUT2D eigenvalue weighted by Gasteiger charge is -2.15. The molecule has 0 aliphatic rings. The number of esters is 1. The molecule has 0 aromatic rings. The first-order valence-corrected chi connectivity index (χ1v) is 9.42. The highest BCUT2D eigenvalue weighted by Crippen LogP contribution is 2.13. The number of carbonyl (C=O) groups excluding carboxylic acids is 1. The van der Waals surface area contributed by atoms with Crippen LogP contribution in [-0.4, -0.2) is 25.7 Å². The van der Waals surface area contributed by atoms with Gasteiger partial charge in [-0.3, -0.25) is 4.79 Å². The minimum absolute atomic E-state index is 0.0113. The molecule has 0 rings (SSSR count). The molecule has 1 unspecified atom stereocenters. The maximum absolute atomic E-state index is 12.1. The molecule has 3 nitrogen and oxygen atoms in total. The van der Waals surface area contributed by atoms with E-state index < -0.39 is 0 Å². The molecule has 0 amide bonds. The molecular weight excluding hydrogens is 274 g/mol. The first kappa shape index (κ1) is 21.4. The second-order valence-electron chi connectivity index (χ2n) is 6.17. The molecule has 0 saturated heterocycles. The van der Waals surface area contributed by atoms with Gasteiger partial charge in [0.2, 0.25) is 0 Å². The number of nitrogens with one attached hydrogen (secondary N) is 1. The van der Waals surface area contributed by atoms with Crippen molar-refractivity contribution in [3.05, 3.63) is 6.92 Å². The Morgan fingerprint density at radius 3 is 2.41 bits per heavy atom. The van der Waals surface area contributed by atoms with Gasteiger partial charge in [0.05, 0.1) is 12.5 Å². The topological polar surface area (TPSA) is 38.3 Å². The molecule has 1 radical (unpaired) electrons. The lowest BCUT2D eigenvalue weighted by molar-refractivity contribution is -0.149. The second-order valence-corrected chi connectivity index (χ2v) is 6.17. The summed E-state index contributed by atoms with van der Waals surface area (Å²) in [5.41, 5.74) is 0. The number of hydrogen-bond acceptors (Lipinski definition) is 3. The lowest BCUT2D eigenvalue weighted by atomic mass is 10.00. The number of hydrogen-bond donors (Lipinski definition) is 1. The highest BCUT2D eigenvalue weighted by Gasteiger charge is 2.18. The van der Waals surface area contributed by atoms with Crippen molar-refractivity contribution in [3.63, 3.8) is 0 Å². The van der Waals surface area contributed by atoms with Crippen LogP contribution in [0.4, 0.5) is 0 Å². The van der Waals surface area contributed by atoms with Crippen molar-refractivity contribution in [1.29, 1.82) is 0 Å². The van der Waals surface area contributed by atoms with E-state index in [1.807, 2.05) is 0 Å². The number of unbranched alkanes of at least 4 members (excludes halogenated alkanes) is 6. The van der Waals surface area contributed by atoms with Crippen LogP contribution in [0, 0.1) is 12.8 Å². The van der Waals surface area contributed by atoms with Gasteiger partial charge in [0.25, 0.3) is 0 Å². The molecule has 131 valence electrons. The average molecular weight is 313 g/mol. The van der Waals surface area contributed by atoms with Gasteiger partial charge in [-0.2, -0.15) is 0 Å². The van der Waals surface area contributed by atoms with Crippen LogP contribution in [0.5, 0.6) is 0 Å². The fraction of sp³-hybridized carbons (Fsp3) is 0.895. The summed E-state index contributed by atoms with van der Waals surface area (Å²) in [6.07, 6.45) is 12.2. The van der Waals surface area contributed by atoms with Crippen molar-refractivity contribution in [2.24, 2.45) is 5.92 Å². The number of ether oxygens (including phenoxy) is 1. The highest BCUT2D eigenvalue weighted by molar-refractivity contribution is 5.72. The first-order valence-electron chi connectivity index (χ1n) is 9.42. The third kappa shape index (κ3) is 13.1.